The quantitative estimate of drug-likeness (QED) is 0.645. The lowest BCUT2D eigenvalue weighted by Gasteiger charge is -2.11. The van der Waals surface area contributed by atoms with Crippen molar-refractivity contribution in [3.8, 4) is 0 Å². The van der Waals surface area contributed by atoms with E-state index in [4.69, 9.17) is 0 Å². The summed E-state index contributed by atoms with van der Waals surface area (Å²) in [5, 5.41) is 5.93. The summed E-state index contributed by atoms with van der Waals surface area (Å²) in [5.41, 5.74) is 0. The van der Waals surface area contributed by atoms with E-state index in [9.17, 15) is 13.2 Å². The molecule has 1 fully saturated rings. The molecule has 0 spiro atoms. The van der Waals surface area contributed by atoms with Crippen LogP contribution in [0.25, 0.3) is 0 Å². The first kappa shape index (κ1) is 13.4. The summed E-state index contributed by atoms with van der Waals surface area (Å²) in [6, 6.07) is 0.392. The van der Waals surface area contributed by atoms with Crippen LogP contribution < -0.4 is 10.6 Å². The minimum atomic E-state index is -2.96. The molecular weight excluding hydrogens is 228 g/mol. The third-order valence-corrected chi connectivity index (χ3v) is 4.35. The van der Waals surface area contributed by atoms with Crippen molar-refractivity contribution in [3.63, 3.8) is 0 Å². The number of hydrogen-bond acceptors (Lipinski definition) is 4. The second kappa shape index (κ2) is 5.63. The normalized spacial score (nSPS) is 23.6. The molecule has 1 saturated heterocycles. The van der Waals surface area contributed by atoms with Crippen molar-refractivity contribution in [2.45, 2.75) is 26.3 Å². The molecule has 1 heterocycles. The SMILES string of the molecule is CC(C)NCCNC(=O)C1CCS(=O)(=O)C1. The van der Waals surface area contributed by atoms with Crippen molar-refractivity contribution < 1.29 is 13.2 Å². The molecule has 6 heteroatoms. The van der Waals surface area contributed by atoms with E-state index in [-0.39, 0.29) is 23.3 Å². The van der Waals surface area contributed by atoms with Crippen LogP contribution in [-0.4, -0.2) is 45.0 Å². The Kier molecular flexibility index (Phi) is 4.73. The Labute approximate surface area is 96.9 Å². The summed E-state index contributed by atoms with van der Waals surface area (Å²) in [6.45, 7) is 5.33. The van der Waals surface area contributed by atoms with Crippen LogP contribution >= 0.6 is 0 Å². The molecule has 0 radical (unpaired) electrons. The standard InChI is InChI=1S/C10H20N2O3S/c1-8(2)11-4-5-12-10(13)9-3-6-16(14,15)7-9/h8-9,11H,3-7H2,1-2H3,(H,12,13). The zero-order valence-electron chi connectivity index (χ0n) is 9.82. The lowest BCUT2D eigenvalue weighted by molar-refractivity contribution is -0.124. The zero-order valence-corrected chi connectivity index (χ0v) is 10.6. The van der Waals surface area contributed by atoms with E-state index in [1.165, 1.54) is 0 Å². The summed E-state index contributed by atoms with van der Waals surface area (Å²) >= 11 is 0. The second-order valence-corrected chi connectivity index (χ2v) is 6.73. The van der Waals surface area contributed by atoms with Gasteiger partial charge < -0.3 is 10.6 Å². The fourth-order valence-corrected chi connectivity index (χ4v) is 3.43. The van der Waals surface area contributed by atoms with Gasteiger partial charge >= 0.3 is 0 Å². The van der Waals surface area contributed by atoms with Crippen molar-refractivity contribution in [3.05, 3.63) is 0 Å². The Balaban J connectivity index is 2.21. The highest BCUT2D eigenvalue weighted by atomic mass is 32.2. The molecule has 0 saturated carbocycles. The largest absolute Gasteiger partial charge is 0.355 e. The maximum atomic E-state index is 11.6. The molecule has 1 rings (SSSR count). The van der Waals surface area contributed by atoms with Crippen LogP contribution in [0.2, 0.25) is 0 Å². The molecule has 1 aliphatic heterocycles. The molecule has 1 amide bonds. The molecule has 2 N–H and O–H groups in total. The Morgan fingerprint density at radius 2 is 2.06 bits per heavy atom. The van der Waals surface area contributed by atoms with Crippen LogP contribution in [0.1, 0.15) is 20.3 Å². The average molecular weight is 248 g/mol. The summed E-state index contributed by atoms with van der Waals surface area (Å²) in [6.07, 6.45) is 0.464. The van der Waals surface area contributed by atoms with Gasteiger partial charge in [0, 0.05) is 19.1 Å². The lowest BCUT2D eigenvalue weighted by Crippen LogP contribution is -2.37. The molecule has 0 bridgehead atoms. The van der Waals surface area contributed by atoms with E-state index < -0.39 is 9.84 Å². The molecule has 94 valence electrons. The third kappa shape index (κ3) is 4.49. The molecule has 1 aliphatic rings. The van der Waals surface area contributed by atoms with E-state index >= 15 is 0 Å². The first-order chi connectivity index (χ1) is 7.41. The van der Waals surface area contributed by atoms with Crippen molar-refractivity contribution >= 4 is 15.7 Å². The van der Waals surface area contributed by atoms with Crippen LogP contribution in [0.5, 0.6) is 0 Å². The van der Waals surface area contributed by atoms with Crippen LogP contribution in [0.3, 0.4) is 0 Å². The van der Waals surface area contributed by atoms with Gasteiger partial charge in [-0.25, -0.2) is 8.42 Å². The topological polar surface area (TPSA) is 75.3 Å². The molecule has 5 nitrogen and oxygen atoms in total. The van der Waals surface area contributed by atoms with Gasteiger partial charge in [-0.3, -0.25) is 4.79 Å². The van der Waals surface area contributed by atoms with Gasteiger partial charge in [-0.2, -0.15) is 0 Å². The number of nitrogens with one attached hydrogen (secondary N) is 2. The fourth-order valence-electron chi connectivity index (χ4n) is 1.69. The van der Waals surface area contributed by atoms with Gasteiger partial charge in [-0.15, -0.1) is 0 Å². The van der Waals surface area contributed by atoms with Gasteiger partial charge in [0.25, 0.3) is 0 Å². The minimum Gasteiger partial charge on any atom is -0.355 e. The number of carbonyl (C=O) groups excluding carboxylic acids is 1. The van der Waals surface area contributed by atoms with Crippen LogP contribution in [-0.2, 0) is 14.6 Å². The zero-order chi connectivity index (χ0) is 12.2. The van der Waals surface area contributed by atoms with Crippen LogP contribution in [0.15, 0.2) is 0 Å². The Bertz CT molecular complexity index is 338. The van der Waals surface area contributed by atoms with E-state index in [2.05, 4.69) is 10.6 Å². The highest BCUT2D eigenvalue weighted by Gasteiger charge is 2.32. The molecule has 0 aliphatic carbocycles. The van der Waals surface area contributed by atoms with Crippen molar-refractivity contribution in [1.29, 1.82) is 0 Å². The van der Waals surface area contributed by atoms with Gasteiger partial charge in [0.2, 0.25) is 5.91 Å². The second-order valence-electron chi connectivity index (χ2n) is 4.50. The molecule has 0 aromatic heterocycles. The Morgan fingerprint density at radius 3 is 2.56 bits per heavy atom. The smallest absolute Gasteiger partial charge is 0.224 e. The molecule has 1 unspecified atom stereocenters. The fraction of sp³-hybridized carbons (Fsp3) is 0.900. The van der Waals surface area contributed by atoms with Gasteiger partial charge in [0.15, 0.2) is 9.84 Å². The first-order valence-electron chi connectivity index (χ1n) is 5.62. The Morgan fingerprint density at radius 1 is 1.38 bits per heavy atom. The molecule has 0 aromatic rings. The number of rotatable bonds is 5. The highest BCUT2D eigenvalue weighted by molar-refractivity contribution is 7.91. The Hall–Kier alpha value is -0.620. The molecule has 16 heavy (non-hydrogen) atoms. The van der Waals surface area contributed by atoms with Gasteiger partial charge in [0.05, 0.1) is 17.4 Å². The first-order valence-corrected chi connectivity index (χ1v) is 7.44. The summed E-state index contributed by atoms with van der Waals surface area (Å²) in [4.78, 5) is 11.6. The summed E-state index contributed by atoms with van der Waals surface area (Å²) in [5.74, 6) is -0.318. The average Bonchev–Trinajstić information content (AvgIpc) is 2.53. The summed E-state index contributed by atoms with van der Waals surface area (Å²) in [7, 11) is -2.96. The van der Waals surface area contributed by atoms with Crippen molar-refractivity contribution in [1.82, 2.24) is 10.6 Å². The van der Waals surface area contributed by atoms with Gasteiger partial charge in [0.1, 0.15) is 0 Å². The number of carbonyl (C=O) groups is 1. The third-order valence-electron chi connectivity index (χ3n) is 2.58. The number of sulfone groups is 1. The molecule has 1 atom stereocenters. The summed E-state index contributed by atoms with van der Waals surface area (Å²) < 4.78 is 22.3. The van der Waals surface area contributed by atoms with E-state index in [1.807, 2.05) is 13.8 Å². The van der Waals surface area contributed by atoms with Gasteiger partial charge in [-0.1, -0.05) is 13.8 Å². The number of hydrogen-bond donors (Lipinski definition) is 2. The monoisotopic (exact) mass is 248 g/mol. The minimum absolute atomic E-state index is 0.0104. The van der Waals surface area contributed by atoms with Crippen molar-refractivity contribution in [2.75, 3.05) is 24.6 Å². The van der Waals surface area contributed by atoms with Crippen LogP contribution in [0, 0.1) is 5.92 Å². The van der Waals surface area contributed by atoms with Crippen molar-refractivity contribution in [2.24, 2.45) is 5.92 Å². The molecule has 0 aromatic carbocycles. The predicted octanol–water partition coefficient (Wildman–Crippen LogP) is -0.465. The predicted molar refractivity (Wildman–Crippen MR) is 62.9 cm³/mol. The van der Waals surface area contributed by atoms with E-state index in [0.29, 0.717) is 25.6 Å². The maximum absolute atomic E-state index is 11.6. The molecular formula is C10H20N2O3S. The lowest BCUT2D eigenvalue weighted by atomic mass is 10.1. The van der Waals surface area contributed by atoms with Crippen LogP contribution in [0.4, 0.5) is 0 Å². The maximum Gasteiger partial charge on any atom is 0.224 e. The van der Waals surface area contributed by atoms with E-state index in [0.717, 1.165) is 0 Å². The number of amides is 1. The highest BCUT2D eigenvalue weighted by Crippen LogP contribution is 2.18. The van der Waals surface area contributed by atoms with Gasteiger partial charge in [-0.05, 0) is 6.42 Å². The van der Waals surface area contributed by atoms with E-state index in [1.54, 1.807) is 0 Å².